The molecule has 134 valence electrons. The minimum absolute atomic E-state index is 0.321. The SMILES string of the molecule is Cc1cccc(C)c1N(CC(=O)Nc1ccc(Br)c(Cl)c1)S(C)(=O)=O. The monoisotopic (exact) mass is 444 g/mol. The van der Waals surface area contributed by atoms with Gasteiger partial charge in [-0.15, -0.1) is 0 Å². The normalized spacial score (nSPS) is 11.2. The molecule has 0 unspecified atom stereocenters. The molecule has 2 aromatic carbocycles. The average Bonchev–Trinajstić information content (AvgIpc) is 2.49. The van der Waals surface area contributed by atoms with Crippen molar-refractivity contribution in [1.29, 1.82) is 0 Å². The summed E-state index contributed by atoms with van der Waals surface area (Å²) >= 11 is 9.28. The lowest BCUT2D eigenvalue weighted by molar-refractivity contribution is -0.114. The number of aryl methyl sites for hydroxylation is 2. The third-order valence-corrected chi connectivity index (χ3v) is 5.92. The maximum absolute atomic E-state index is 12.4. The molecule has 0 aliphatic rings. The largest absolute Gasteiger partial charge is 0.324 e. The summed E-state index contributed by atoms with van der Waals surface area (Å²) in [7, 11) is -3.63. The number of carbonyl (C=O) groups excluding carboxylic acids is 1. The molecule has 0 heterocycles. The van der Waals surface area contributed by atoms with Crippen molar-refractivity contribution >= 4 is 54.8 Å². The van der Waals surface area contributed by atoms with E-state index in [0.717, 1.165) is 21.7 Å². The molecule has 1 amide bonds. The van der Waals surface area contributed by atoms with E-state index in [-0.39, 0.29) is 6.54 Å². The summed E-state index contributed by atoms with van der Waals surface area (Å²) in [5.41, 5.74) is 2.58. The van der Waals surface area contributed by atoms with Gasteiger partial charge in [0.2, 0.25) is 15.9 Å². The van der Waals surface area contributed by atoms with Crippen LogP contribution in [0.2, 0.25) is 5.02 Å². The van der Waals surface area contributed by atoms with Gasteiger partial charge in [0.05, 0.1) is 17.0 Å². The zero-order valence-corrected chi connectivity index (χ0v) is 17.2. The summed E-state index contributed by atoms with van der Waals surface area (Å²) < 4.78 is 26.3. The van der Waals surface area contributed by atoms with Crippen molar-refractivity contribution in [1.82, 2.24) is 0 Å². The Morgan fingerprint density at radius 3 is 2.32 bits per heavy atom. The number of carbonyl (C=O) groups is 1. The van der Waals surface area contributed by atoms with Gasteiger partial charge in [0.25, 0.3) is 0 Å². The Kier molecular flexibility index (Phi) is 6.13. The van der Waals surface area contributed by atoms with Crippen LogP contribution >= 0.6 is 27.5 Å². The van der Waals surface area contributed by atoms with Gasteiger partial charge in [0.15, 0.2) is 0 Å². The maximum atomic E-state index is 12.4. The molecule has 0 saturated heterocycles. The molecule has 0 radical (unpaired) electrons. The van der Waals surface area contributed by atoms with E-state index in [1.54, 1.807) is 18.2 Å². The lowest BCUT2D eigenvalue weighted by atomic mass is 10.1. The van der Waals surface area contributed by atoms with Gasteiger partial charge in [0.1, 0.15) is 6.54 Å². The Morgan fingerprint density at radius 2 is 1.80 bits per heavy atom. The number of rotatable bonds is 5. The molecule has 0 aliphatic heterocycles. The first-order valence-electron chi connectivity index (χ1n) is 7.38. The smallest absolute Gasteiger partial charge is 0.245 e. The Bertz CT molecular complexity index is 896. The highest BCUT2D eigenvalue weighted by Crippen LogP contribution is 2.28. The lowest BCUT2D eigenvalue weighted by Crippen LogP contribution is -2.38. The Hall–Kier alpha value is -1.57. The molecule has 1 N–H and O–H groups in total. The summed E-state index contributed by atoms with van der Waals surface area (Å²) in [6, 6.07) is 10.4. The number of sulfonamides is 1. The second kappa shape index (κ2) is 7.76. The topological polar surface area (TPSA) is 66.5 Å². The van der Waals surface area contributed by atoms with E-state index in [1.165, 1.54) is 0 Å². The molecule has 2 aromatic rings. The predicted molar refractivity (Wildman–Crippen MR) is 106 cm³/mol. The molecule has 2 rings (SSSR count). The van der Waals surface area contributed by atoms with Gasteiger partial charge in [-0.1, -0.05) is 29.8 Å². The number of anilines is 2. The van der Waals surface area contributed by atoms with Crippen LogP contribution in [0.15, 0.2) is 40.9 Å². The summed E-state index contributed by atoms with van der Waals surface area (Å²) in [5, 5.41) is 3.12. The third kappa shape index (κ3) is 4.96. The van der Waals surface area contributed by atoms with Crippen molar-refractivity contribution in [2.45, 2.75) is 13.8 Å². The van der Waals surface area contributed by atoms with Gasteiger partial charge in [-0.05, 0) is 59.1 Å². The van der Waals surface area contributed by atoms with E-state index in [1.807, 2.05) is 32.0 Å². The molecule has 25 heavy (non-hydrogen) atoms. The van der Waals surface area contributed by atoms with Crippen LogP contribution in [0.25, 0.3) is 0 Å². The van der Waals surface area contributed by atoms with Crippen LogP contribution in [0.5, 0.6) is 0 Å². The third-order valence-electron chi connectivity index (χ3n) is 3.58. The molecular formula is C17H18BrClN2O3S. The number of halogens is 2. The fourth-order valence-corrected chi connectivity index (χ4v) is 3.86. The molecule has 0 atom stereocenters. The Morgan fingerprint density at radius 1 is 1.20 bits per heavy atom. The number of amides is 1. The number of nitrogens with zero attached hydrogens (tertiary/aromatic N) is 1. The number of hydrogen-bond acceptors (Lipinski definition) is 3. The van der Waals surface area contributed by atoms with E-state index in [9.17, 15) is 13.2 Å². The van der Waals surface area contributed by atoms with Crippen molar-refractivity contribution < 1.29 is 13.2 Å². The highest BCUT2D eigenvalue weighted by molar-refractivity contribution is 9.10. The van der Waals surface area contributed by atoms with Gasteiger partial charge >= 0.3 is 0 Å². The van der Waals surface area contributed by atoms with E-state index in [4.69, 9.17) is 11.6 Å². The summed E-state index contributed by atoms with van der Waals surface area (Å²) in [4.78, 5) is 12.4. The molecule has 0 bridgehead atoms. The lowest BCUT2D eigenvalue weighted by Gasteiger charge is -2.25. The van der Waals surface area contributed by atoms with Crippen LogP contribution in [0, 0.1) is 13.8 Å². The van der Waals surface area contributed by atoms with Crippen molar-refractivity contribution in [3.63, 3.8) is 0 Å². The first kappa shape index (κ1) is 19.8. The average molecular weight is 446 g/mol. The zero-order valence-electron chi connectivity index (χ0n) is 14.0. The van der Waals surface area contributed by atoms with Crippen LogP contribution in [0.4, 0.5) is 11.4 Å². The molecule has 0 saturated carbocycles. The minimum atomic E-state index is -3.63. The van der Waals surface area contributed by atoms with E-state index in [0.29, 0.717) is 20.9 Å². The van der Waals surface area contributed by atoms with Crippen molar-refractivity contribution in [2.24, 2.45) is 0 Å². The van der Waals surface area contributed by atoms with Crippen LogP contribution < -0.4 is 9.62 Å². The predicted octanol–water partition coefficient (Wildman–Crippen LogP) is 4.12. The van der Waals surface area contributed by atoms with Crippen LogP contribution in [-0.4, -0.2) is 27.1 Å². The second-order valence-electron chi connectivity index (χ2n) is 5.69. The fourth-order valence-electron chi connectivity index (χ4n) is 2.47. The van der Waals surface area contributed by atoms with Crippen molar-refractivity contribution in [3.8, 4) is 0 Å². The molecule has 0 fully saturated rings. The van der Waals surface area contributed by atoms with Crippen LogP contribution in [0.3, 0.4) is 0 Å². The van der Waals surface area contributed by atoms with Crippen LogP contribution in [0.1, 0.15) is 11.1 Å². The zero-order chi connectivity index (χ0) is 18.8. The van der Waals surface area contributed by atoms with Gasteiger partial charge in [-0.3, -0.25) is 9.10 Å². The first-order chi connectivity index (χ1) is 11.6. The summed E-state index contributed by atoms with van der Waals surface area (Å²) in [6.07, 6.45) is 1.09. The number of para-hydroxylation sites is 1. The molecule has 8 heteroatoms. The first-order valence-corrected chi connectivity index (χ1v) is 10.4. The van der Waals surface area contributed by atoms with Crippen molar-refractivity contribution in [3.05, 3.63) is 57.0 Å². The summed E-state index contributed by atoms with van der Waals surface area (Å²) in [5.74, 6) is -0.452. The number of benzene rings is 2. The molecule has 5 nitrogen and oxygen atoms in total. The van der Waals surface area contributed by atoms with E-state index < -0.39 is 15.9 Å². The maximum Gasteiger partial charge on any atom is 0.245 e. The molecular weight excluding hydrogens is 428 g/mol. The van der Waals surface area contributed by atoms with Gasteiger partial charge < -0.3 is 5.32 Å². The highest BCUT2D eigenvalue weighted by Gasteiger charge is 2.23. The van der Waals surface area contributed by atoms with E-state index >= 15 is 0 Å². The highest BCUT2D eigenvalue weighted by atomic mass is 79.9. The van der Waals surface area contributed by atoms with E-state index in [2.05, 4.69) is 21.2 Å². The number of hydrogen-bond donors (Lipinski definition) is 1. The fraction of sp³-hybridized carbons (Fsp3) is 0.235. The molecule has 0 aliphatic carbocycles. The second-order valence-corrected chi connectivity index (χ2v) is 8.86. The molecule has 0 aromatic heterocycles. The van der Waals surface area contributed by atoms with Crippen LogP contribution in [-0.2, 0) is 14.8 Å². The standard InChI is InChI=1S/C17H18BrClN2O3S/c1-11-5-4-6-12(2)17(11)21(25(3,23)24)10-16(22)20-13-7-8-14(18)15(19)9-13/h4-9H,10H2,1-3H3,(H,20,22). The minimum Gasteiger partial charge on any atom is -0.324 e. The van der Waals surface area contributed by atoms with Gasteiger partial charge in [-0.25, -0.2) is 8.42 Å². The van der Waals surface area contributed by atoms with Gasteiger partial charge in [0, 0.05) is 10.2 Å². The number of nitrogens with one attached hydrogen (secondary N) is 1. The quantitative estimate of drug-likeness (QED) is 0.752. The summed E-state index contributed by atoms with van der Waals surface area (Å²) in [6.45, 7) is 3.30. The Balaban J connectivity index is 2.29. The Labute approximate surface area is 161 Å². The van der Waals surface area contributed by atoms with Gasteiger partial charge in [-0.2, -0.15) is 0 Å². The molecule has 0 spiro atoms. The van der Waals surface area contributed by atoms with Crippen molar-refractivity contribution in [2.75, 3.05) is 22.4 Å².